The van der Waals surface area contributed by atoms with Gasteiger partial charge in [-0.05, 0) is 12.0 Å². The first-order chi connectivity index (χ1) is 7.06. The van der Waals surface area contributed by atoms with Crippen LogP contribution in [0.25, 0.3) is 5.32 Å². The van der Waals surface area contributed by atoms with E-state index in [4.69, 9.17) is 0 Å². The zero-order chi connectivity index (χ0) is 13.0. The number of rotatable bonds is 3. The summed E-state index contributed by atoms with van der Waals surface area (Å²) in [7, 11) is 0. The quantitative estimate of drug-likeness (QED) is 0.546. The number of alkyl halides is 3. The van der Waals surface area contributed by atoms with Crippen LogP contribution in [0.1, 0.15) is 47.5 Å². The molecule has 6 heteroatoms. The number of nitrogens with zero attached hydrogens (tertiary/aromatic N) is 2. The van der Waals surface area contributed by atoms with Gasteiger partial charge in [0, 0.05) is 32.7 Å². The molecule has 1 radical (unpaired) electrons. The molecule has 1 atom stereocenters. The summed E-state index contributed by atoms with van der Waals surface area (Å²) in [4.78, 5) is 4.20. The van der Waals surface area contributed by atoms with Crippen LogP contribution in [0.4, 0.5) is 13.2 Å². The Labute approximate surface area is 127 Å². The second-order valence-electron chi connectivity index (χ2n) is 4.80. The average Bonchev–Trinajstić information content (AvgIpc) is 1.99. The van der Waals surface area contributed by atoms with Crippen LogP contribution in [-0.2, 0) is 32.7 Å². The van der Waals surface area contributed by atoms with Crippen LogP contribution in [-0.4, -0.2) is 23.6 Å². The van der Waals surface area contributed by atoms with Gasteiger partial charge in [-0.3, -0.25) is 0 Å². The molecule has 0 heterocycles. The first-order valence-electron chi connectivity index (χ1n) is 5.42. The summed E-state index contributed by atoms with van der Waals surface area (Å²) in [5.74, 6) is 0.305. The van der Waals surface area contributed by atoms with Gasteiger partial charge in [-0.2, -0.15) is 13.2 Å². The maximum absolute atomic E-state index is 12.3. The summed E-state index contributed by atoms with van der Waals surface area (Å²) in [5.41, 5.74) is -0.390. The third kappa shape index (κ3) is 10.0. The third-order valence-electron chi connectivity index (χ3n) is 1.75. The monoisotopic (exact) mass is 326 g/mol. The summed E-state index contributed by atoms with van der Waals surface area (Å²) < 4.78 is 37.0. The number of hydrogen-bond acceptors (Lipinski definition) is 1. The maximum Gasteiger partial charge on any atom is 0.390 e. The minimum Gasteiger partial charge on any atom is -0.463 e. The van der Waals surface area contributed by atoms with Gasteiger partial charge in [0.2, 0.25) is 0 Å². The van der Waals surface area contributed by atoms with Gasteiger partial charge >= 0.3 is 6.18 Å². The predicted octanol–water partition coefficient (Wildman–Crippen LogP) is 4.31. The van der Waals surface area contributed by atoms with Crippen LogP contribution in [0.2, 0.25) is 0 Å². The minimum absolute atomic E-state index is 0. The van der Waals surface area contributed by atoms with Crippen molar-refractivity contribution in [1.82, 2.24) is 0 Å². The number of aliphatic imine (C=N–C) groups is 1. The Morgan fingerprint density at radius 3 is 2.00 bits per heavy atom. The molecule has 99 valence electrons. The molecule has 0 aliphatic carbocycles. The molecule has 0 rings (SSSR count). The van der Waals surface area contributed by atoms with Crippen molar-refractivity contribution in [1.29, 1.82) is 0 Å². The molecule has 0 aromatic heterocycles. The zero-order valence-electron chi connectivity index (χ0n) is 11.1. The van der Waals surface area contributed by atoms with Gasteiger partial charge in [0.1, 0.15) is 0 Å². The van der Waals surface area contributed by atoms with Gasteiger partial charge in [-0.25, -0.2) is 0 Å². The van der Waals surface area contributed by atoms with E-state index in [1.807, 2.05) is 27.7 Å². The molecule has 0 bridgehead atoms. The van der Waals surface area contributed by atoms with Crippen LogP contribution < -0.4 is 0 Å². The topological polar surface area (TPSA) is 26.5 Å². The van der Waals surface area contributed by atoms with Gasteiger partial charge in [0.15, 0.2) is 0 Å². The van der Waals surface area contributed by atoms with E-state index in [1.54, 1.807) is 0 Å². The number of hydrogen-bond donors (Lipinski definition) is 0. The molecule has 0 aliphatic rings. The van der Waals surface area contributed by atoms with E-state index in [2.05, 4.69) is 10.3 Å². The van der Waals surface area contributed by atoms with Crippen LogP contribution in [0.15, 0.2) is 4.99 Å². The van der Waals surface area contributed by atoms with Crippen molar-refractivity contribution in [2.24, 2.45) is 4.99 Å². The second-order valence-corrected chi connectivity index (χ2v) is 4.80. The predicted molar refractivity (Wildman–Crippen MR) is 61.0 cm³/mol. The Bertz CT molecular complexity index is 244. The van der Waals surface area contributed by atoms with E-state index >= 15 is 0 Å². The van der Waals surface area contributed by atoms with Crippen LogP contribution in [0, 0.1) is 0 Å². The summed E-state index contributed by atoms with van der Waals surface area (Å²) in [6.07, 6.45) is -3.06. The van der Waals surface area contributed by atoms with Gasteiger partial charge in [0.25, 0.3) is 0 Å². The van der Waals surface area contributed by atoms with Gasteiger partial charge in [-0.15, -0.1) is 0 Å². The third-order valence-corrected chi connectivity index (χ3v) is 1.75. The van der Waals surface area contributed by atoms with Crippen molar-refractivity contribution in [2.45, 2.75) is 65.2 Å². The van der Waals surface area contributed by atoms with Crippen molar-refractivity contribution >= 4 is 5.84 Å². The zero-order valence-corrected chi connectivity index (χ0v) is 13.9. The summed E-state index contributed by atoms with van der Waals surface area (Å²) >= 11 is 0. The van der Waals surface area contributed by atoms with E-state index in [0.29, 0.717) is 12.3 Å². The molecule has 0 spiro atoms. The number of halogens is 3. The van der Waals surface area contributed by atoms with Crippen molar-refractivity contribution in [3.05, 3.63) is 5.32 Å². The normalized spacial score (nSPS) is 15.2. The Kier molecular flexibility index (Phi) is 8.95. The van der Waals surface area contributed by atoms with Crippen LogP contribution in [0.5, 0.6) is 0 Å². The summed E-state index contributed by atoms with van der Waals surface area (Å²) in [6.45, 7) is 8.48. The molecule has 0 amide bonds. The summed E-state index contributed by atoms with van der Waals surface area (Å²) in [6, 6.07) is -1.68. The fourth-order valence-corrected chi connectivity index (χ4v) is 1.06. The fraction of sp³-hybridized carbons (Fsp3) is 0.909. The SMILES string of the molecule is CCCC(=NC(C)(C)C)[N-]C(C)C(F)(F)F.[Y]. The maximum atomic E-state index is 12.3. The molecule has 0 aliphatic heterocycles. The number of amidine groups is 1. The Hall–Kier alpha value is 0.364. The van der Waals surface area contributed by atoms with E-state index < -0.39 is 12.2 Å². The van der Waals surface area contributed by atoms with Crippen molar-refractivity contribution in [3.63, 3.8) is 0 Å². The van der Waals surface area contributed by atoms with Gasteiger partial charge in [0.05, 0.1) is 6.04 Å². The first-order valence-corrected chi connectivity index (χ1v) is 5.42. The minimum atomic E-state index is -4.29. The van der Waals surface area contributed by atoms with Gasteiger partial charge < -0.3 is 10.3 Å². The molecule has 0 fully saturated rings. The molecule has 1 unspecified atom stereocenters. The summed E-state index contributed by atoms with van der Waals surface area (Å²) in [5, 5.41) is 3.65. The molecular formula is C11H20F3N2Y-. The van der Waals surface area contributed by atoms with E-state index in [0.717, 1.165) is 13.3 Å². The van der Waals surface area contributed by atoms with E-state index in [1.165, 1.54) is 0 Å². The van der Waals surface area contributed by atoms with Crippen LogP contribution >= 0.6 is 0 Å². The fourth-order valence-electron chi connectivity index (χ4n) is 1.06. The Morgan fingerprint density at radius 2 is 1.71 bits per heavy atom. The molecule has 0 aromatic rings. The van der Waals surface area contributed by atoms with Crippen molar-refractivity contribution < 1.29 is 45.9 Å². The van der Waals surface area contributed by atoms with Gasteiger partial charge in [-0.1, -0.05) is 46.9 Å². The van der Waals surface area contributed by atoms with Crippen molar-refractivity contribution in [2.75, 3.05) is 0 Å². The molecular weight excluding hydrogens is 306 g/mol. The molecule has 0 aromatic carbocycles. The molecule has 0 N–H and O–H groups in total. The van der Waals surface area contributed by atoms with Crippen LogP contribution in [0.3, 0.4) is 0 Å². The molecule has 0 saturated carbocycles. The first kappa shape index (κ1) is 19.7. The molecule has 2 nitrogen and oxygen atoms in total. The largest absolute Gasteiger partial charge is 0.463 e. The Morgan fingerprint density at radius 1 is 1.24 bits per heavy atom. The van der Waals surface area contributed by atoms with E-state index in [9.17, 15) is 13.2 Å². The average molecular weight is 326 g/mol. The van der Waals surface area contributed by atoms with Crippen molar-refractivity contribution in [3.8, 4) is 0 Å². The van der Waals surface area contributed by atoms with E-state index in [-0.39, 0.29) is 38.2 Å². The molecule has 0 saturated heterocycles. The second kappa shape index (κ2) is 7.72. The smallest absolute Gasteiger partial charge is 0.390 e. The Balaban J connectivity index is 0. The molecule has 17 heavy (non-hydrogen) atoms. The standard InChI is InChI=1S/C11H20F3N2.Y/c1-6-7-9(16-10(3,4)5)15-8(2)11(12,13)14;/h8H,6-7H2,1-5H3;/q-1;.